The fraction of sp³-hybridized carbons (Fsp3) is 0.804. The van der Waals surface area contributed by atoms with Gasteiger partial charge in [-0.2, -0.15) is 0 Å². The molecule has 7 heteroatoms. The summed E-state index contributed by atoms with van der Waals surface area (Å²) in [7, 11) is 0. The first-order valence-corrected chi connectivity index (χ1v) is 49.2. The third-order valence-corrected chi connectivity index (χ3v) is 22.1. The van der Waals surface area contributed by atoms with Crippen LogP contribution in [0.25, 0.3) is 0 Å². The van der Waals surface area contributed by atoms with Crippen LogP contribution in [0.1, 0.15) is 555 Å². The molecule has 114 heavy (non-hydrogen) atoms. The van der Waals surface area contributed by atoms with Gasteiger partial charge in [0, 0.05) is 68.1 Å². The minimum atomic E-state index is -0.681. The van der Waals surface area contributed by atoms with E-state index in [1.807, 2.05) is 6.92 Å². The molecule has 0 saturated heterocycles. The minimum absolute atomic E-state index is 0.305. The summed E-state index contributed by atoms with van der Waals surface area (Å²) in [5, 5.41) is 35.4. The number of rotatable bonds is 80. The lowest BCUT2D eigenvalue weighted by Crippen LogP contribution is -1.94. The van der Waals surface area contributed by atoms with Crippen LogP contribution in [0.15, 0.2) is 34.6 Å². The average molecular weight is 1580 g/mol. The highest BCUT2D eigenvalue weighted by atomic mass is 16.4. The number of allylic oxidation sites excluding steroid dienone is 5. The normalized spacial score (nSPS) is 11.0. The van der Waals surface area contributed by atoms with E-state index >= 15 is 0 Å². The maximum Gasteiger partial charge on any atom is 0.303 e. The zero-order valence-corrected chi connectivity index (χ0v) is 76.3. The monoisotopic (exact) mass is 1580 g/mol. The molecule has 0 saturated carbocycles. The van der Waals surface area contributed by atoms with Gasteiger partial charge in [-0.3, -0.25) is 14.4 Å². The Kier molecular flexibility index (Phi) is 99.2. The molecular weight excluding hydrogens is 1400 g/mol. The van der Waals surface area contributed by atoms with E-state index in [2.05, 4.69) is 112 Å². The van der Waals surface area contributed by atoms with Crippen LogP contribution in [-0.4, -0.2) is 38.3 Å². The highest BCUT2D eigenvalue weighted by molar-refractivity contribution is 5.67. The molecule has 0 rings (SSSR count). The van der Waals surface area contributed by atoms with Crippen molar-refractivity contribution in [1.82, 2.24) is 0 Å². The standard InChI is InChI=1S/C57H100O3.2C25H42O2/c1-6-9-11-13-15-17-19-21-27-33-39-46-54(52(4)44-37-31-25-23-30-36-42-49-57(59)60)50-51-56(48-41-35-29-24-26-32-38-45-53(5)58)55(43-8-3)47-40-34-28-22-20-18-16-14-12-10-7-2;2*1-2-3-4-5-6-7-8-9-10-11-12-13-14-15-16-17-18-19-20-21-22-23-24-25(26)27/h58H,5-7,9-42,44-49H2,1-4H3,(H,59,60);2*2-12,17-24H2,1H3,(H,26,27)/b54-52-,56-55-;;. The molecule has 0 aliphatic rings. The molecule has 654 valence electrons. The van der Waals surface area contributed by atoms with Gasteiger partial charge in [0.1, 0.15) is 0 Å². The van der Waals surface area contributed by atoms with Gasteiger partial charge in [0.2, 0.25) is 0 Å². The lowest BCUT2D eigenvalue weighted by molar-refractivity contribution is -0.138. The lowest BCUT2D eigenvalue weighted by atomic mass is 9.94. The summed E-state index contributed by atoms with van der Waals surface area (Å²) >= 11 is 0. The quantitative estimate of drug-likeness (QED) is 0.0271. The van der Waals surface area contributed by atoms with Crippen LogP contribution >= 0.6 is 0 Å². The second-order valence-electron chi connectivity index (χ2n) is 33.4. The van der Waals surface area contributed by atoms with Crippen molar-refractivity contribution in [2.45, 2.75) is 555 Å². The van der Waals surface area contributed by atoms with Gasteiger partial charge in [-0.15, -0.1) is 5.92 Å². The van der Waals surface area contributed by atoms with E-state index in [0.29, 0.717) is 25.0 Å². The summed E-state index contributed by atoms with van der Waals surface area (Å²) in [5.41, 5.74) is 5.50. The summed E-state index contributed by atoms with van der Waals surface area (Å²) in [6.45, 7) is 17.1. The number of aliphatic carboxylic acids is 3. The number of carbonyl (C=O) groups is 3. The fourth-order valence-corrected chi connectivity index (χ4v) is 14.6. The highest BCUT2D eigenvalue weighted by Crippen LogP contribution is 2.25. The molecule has 0 aliphatic heterocycles. The second-order valence-corrected chi connectivity index (χ2v) is 33.4. The lowest BCUT2D eigenvalue weighted by Gasteiger charge is -2.10. The summed E-state index contributed by atoms with van der Waals surface area (Å²) in [4.78, 5) is 31.6. The number of aliphatic hydroxyl groups is 1. The molecule has 0 fully saturated rings. The van der Waals surface area contributed by atoms with Crippen LogP contribution in [-0.2, 0) is 14.4 Å². The average Bonchev–Trinajstić information content (AvgIpc) is 0.895. The molecule has 0 amide bonds. The van der Waals surface area contributed by atoms with Crippen LogP contribution < -0.4 is 0 Å². The predicted octanol–water partition coefficient (Wildman–Crippen LogP) is 34.2. The van der Waals surface area contributed by atoms with Crippen molar-refractivity contribution < 1.29 is 34.8 Å². The first-order chi connectivity index (χ1) is 55.9. The van der Waals surface area contributed by atoms with Gasteiger partial charge in [-0.1, -0.05) is 441 Å². The molecule has 0 bridgehead atoms. The van der Waals surface area contributed by atoms with Crippen LogP contribution in [0, 0.1) is 71.0 Å². The molecule has 7 nitrogen and oxygen atoms in total. The first kappa shape index (κ1) is 113. The number of hydrogen-bond acceptors (Lipinski definition) is 4. The molecule has 0 aliphatic carbocycles. The van der Waals surface area contributed by atoms with Gasteiger partial charge >= 0.3 is 17.9 Å². The Morgan fingerprint density at radius 3 is 0.614 bits per heavy atom. The Hall–Kier alpha value is -5.21. The number of hydrogen-bond donors (Lipinski definition) is 4. The maximum atomic E-state index is 10.8. The molecule has 0 atom stereocenters. The van der Waals surface area contributed by atoms with E-state index in [-0.39, 0.29) is 0 Å². The van der Waals surface area contributed by atoms with Crippen molar-refractivity contribution in [2.24, 2.45) is 0 Å². The van der Waals surface area contributed by atoms with E-state index in [4.69, 9.17) is 15.3 Å². The largest absolute Gasteiger partial charge is 0.513 e. The first-order valence-electron chi connectivity index (χ1n) is 49.2. The van der Waals surface area contributed by atoms with Crippen molar-refractivity contribution >= 4 is 17.9 Å². The smallest absolute Gasteiger partial charge is 0.303 e. The third-order valence-electron chi connectivity index (χ3n) is 22.1. The van der Waals surface area contributed by atoms with E-state index < -0.39 is 17.9 Å². The van der Waals surface area contributed by atoms with Gasteiger partial charge in [0.25, 0.3) is 0 Å². The number of aliphatic hydroxyl groups excluding tert-OH is 1. The fourth-order valence-electron chi connectivity index (χ4n) is 14.6. The van der Waals surface area contributed by atoms with E-state index in [1.54, 1.807) is 0 Å². The molecule has 0 heterocycles. The molecule has 0 radical (unpaired) electrons. The second kappa shape index (κ2) is 100. The van der Waals surface area contributed by atoms with Crippen LogP contribution in [0.5, 0.6) is 0 Å². The van der Waals surface area contributed by atoms with Crippen molar-refractivity contribution in [3.63, 3.8) is 0 Å². The molecule has 0 aromatic heterocycles. The van der Waals surface area contributed by atoms with Crippen molar-refractivity contribution in [3.8, 4) is 71.0 Å². The Bertz CT molecular complexity index is 2530. The Morgan fingerprint density at radius 1 is 0.219 bits per heavy atom. The topological polar surface area (TPSA) is 132 Å². The summed E-state index contributed by atoms with van der Waals surface area (Å²) in [6, 6.07) is 0. The highest BCUT2D eigenvalue weighted by Gasteiger charge is 2.09. The van der Waals surface area contributed by atoms with Gasteiger partial charge in [-0.25, -0.2) is 0 Å². The molecular formula is C107H184O7. The van der Waals surface area contributed by atoms with Gasteiger partial charge in [-0.05, 0) is 140 Å². The van der Waals surface area contributed by atoms with Crippen molar-refractivity contribution in [1.29, 1.82) is 0 Å². The Labute approximate surface area is 709 Å². The Balaban J connectivity index is -0.00000188. The van der Waals surface area contributed by atoms with Gasteiger partial charge in [0.05, 0.1) is 5.76 Å². The molecule has 4 N–H and O–H groups in total. The summed E-state index contributed by atoms with van der Waals surface area (Å²) in [5.74, 6) is 37.3. The summed E-state index contributed by atoms with van der Waals surface area (Å²) < 4.78 is 0. The Morgan fingerprint density at radius 2 is 0.395 bits per heavy atom. The number of carboxylic acids is 3. The van der Waals surface area contributed by atoms with E-state index in [0.717, 1.165) is 135 Å². The zero-order valence-electron chi connectivity index (χ0n) is 76.3. The van der Waals surface area contributed by atoms with E-state index in [1.165, 1.54) is 382 Å². The predicted molar refractivity (Wildman–Crippen MR) is 499 cm³/mol. The molecule has 0 aromatic rings. The molecule has 0 aromatic carbocycles. The number of carboxylic acid groups (broad SMARTS) is 3. The van der Waals surface area contributed by atoms with Gasteiger partial charge < -0.3 is 20.4 Å². The zero-order chi connectivity index (χ0) is 83.7. The maximum absolute atomic E-state index is 10.8. The minimum Gasteiger partial charge on any atom is -0.513 e. The van der Waals surface area contributed by atoms with E-state index in [9.17, 15) is 19.5 Å². The summed E-state index contributed by atoms with van der Waals surface area (Å²) in [6.07, 6.45) is 96.4. The van der Waals surface area contributed by atoms with Crippen molar-refractivity contribution in [3.05, 3.63) is 34.6 Å². The van der Waals surface area contributed by atoms with Crippen LogP contribution in [0.4, 0.5) is 0 Å². The van der Waals surface area contributed by atoms with Crippen molar-refractivity contribution in [2.75, 3.05) is 0 Å². The van der Waals surface area contributed by atoms with Crippen LogP contribution in [0.3, 0.4) is 0 Å². The van der Waals surface area contributed by atoms with Gasteiger partial charge in [0.15, 0.2) is 0 Å². The molecule has 0 spiro atoms. The number of unbranched alkanes of at least 4 members (excludes halogenated alkanes) is 64. The van der Waals surface area contributed by atoms with Crippen LogP contribution in [0.2, 0.25) is 0 Å². The third kappa shape index (κ3) is 101. The molecule has 0 unspecified atom stereocenters. The SMILES string of the molecule is C=C(O)CCCCCCCCC/C(C#C/C(CCCCCCCCCCCCC)=C(/C)CCCCCCCCCC(=O)O)=C(\C#CC)CCCCCCCCCCCCC.CCCCCCCCCCCCC#CC#CCCCCCCCCC(=O)O.CCCCCCCCCCCCC#CC#CCCCCCCCCC(=O)O.